The second kappa shape index (κ2) is 57.3. The second-order valence-corrected chi connectivity index (χ2v) is 22.8. The number of aliphatic hydroxyl groups excluding tert-OH is 8. The van der Waals surface area contributed by atoms with Crippen molar-refractivity contribution in [3.63, 3.8) is 0 Å². The van der Waals surface area contributed by atoms with Gasteiger partial charge in [0.25, 0.3) is 0 Å². The van der Waals surface area contributed by atoms with Gasteiger partial charge in [0.2, 0.25) is 5.91 Å². The fourth-order valence-electron chi connectivity index (χ4n) is 9.74. The molecule has 2 heterocycles. The zero-order valence-corrected chi connectivity index (χ0v) is 54.3. The Morgan fingerprint density at radius 1 is 0.416 bits per heavy atom. The first kappa shape index (κ1) is 80.4. The predicted molar refractivity (Wildman–Crippen MR) is 363 cm³/mol. The van der Waals surface area contributed by atoms with Crippen molar-refractivity contribution < 1.29 is 64.6 Å². The molecule has 12 unspecified atom stereocenters. The van der Waals surface area contributed by atoms with Crippen molar-refractivity contribution in [1.29, 1.82) is 0 Å². The highest BCUT2D eigenvalue weighted by molar-refractivity contribution is 5.76. The molecule has 0 aromatic rings. The topological polar surface area (TPSA) is 228 Å². The maximum absolute atomic E-state index is 13.3. The summed E-state index contributed by atoms with van der Waals surface area (Å²) in [6.07, 6.45) is 72.7. The van der Waals surface area contributed by atoms with Gasteiger partial charge < -0.3 is 65.1 Å². The van der Waals surface area contributed by atoms with Crippen molar-refractivity contribution in [3.8, 4) is 0 Å². The zero-order chi connectivity index (χ0) is 64.5. The maximum atomic E-state index is 13.3. The Hall–Kier alpha value is -4.65. The van der Waals surface area contributed by atoms with Crippen LogP contribution < -0.4 is 5.32 Å². The highest BCUT2D eigenvalue weighted by Crippen LogP contribution is 2.30. The van der Waals surface area contributed by atoms with Gasteiger partial charge in [0, 0.05) is 6.42 Å². The molecule has 0 aromatic heterocycles. The van der Waals surface area contributed by atoms with Crippen LogP contribution in [0.25, 0.3) is 0 Å². The lowest BCUT2D eigenvalue weighted by Crippen LogP contribution is -2.65. The van der Waals surface area contributed by atoms with E-state index in [4.69, 9.17) is 18.9 Å². The van der Waals surface area contributed by atoms with E-state index in [0.29, 0.717) is 12.8 Å². The van der Waals surface area contributed by atoms with Crippen molar-refractivity contribution in [1.82, 2.24) is 5.32 Å². The first-order valence-corrected chi connectivity index (χ1v) is 33.9. The number of hydrogen-bond donors (Lipinski definition) is 9. The summed E-state index contributed by atoms with van der Waals surface area (Å²) in [5, 5.41) is 87.1. The summed E-state index contributed by atoms with van der Waals surface area (Å²) in [7, 11) is 0. The molecule has 2 aliphatic heterocycles. The fraction of sp³-hybridized carbons (Fsp3) is 0.613. The predicted octanol–water partition coefficient (Wildman–Crippen LogP) is 13.6. The van der Waals surface area contributed by atoms with Gasteiger partial charge in [-0.25, -0.2) is 0 Å². The summed E-state index contributed by atoms with van der Waals surface area (Å²) < 4.78 is 22.7. The lowest BCUT2D eigenvalue weighted by molar-refractivity contribution is -0.359. The molecule has 14 heteroatoms. The monoisotopic (exact) mass is 1240 g/mol. The van der Waals surface area contributed by atoms with E-state index >= 15 is 0 Å². The van der Waals surface area contributed by atoms with E-state index in [-0.39, 0.29) is 18.9 Å². The average Bonchev–Trinajstić information content (AvgIpc) is 2.74. The molecule has 2 fully saturated rings. The van der Waals surface area contributed by atoms with Gasteiger partial charge in [-0.1, -0.05) is 235 Å². The van der Waals surface area contributed by atoms with Crippen molar-refractivity contribution in [2.24, 2.45) is 0 Å². The molecule has 0 bridgehead atoms. The van der Waals surface area contributed by atoms with E-state index in [1.165, 1.54) is 25.7 Å². The number of rotatable bonds is 52. The minimum Gasteiger partial charge on any atom is -0.394 e. The zero-order valence-electron chi connectivity index (χ0n) is 54.3. The van der Waals surface area contributed by atoms with Crippen LogP contribution in [0.3, 0.4) is 0 Å². The Morgan fingerprint density at radius 2 is 0.787 bits per heavy atom. The Morgan fingerprint density at radius 3 is 1.24 bits per heavy atom. The molecule has 14 nitrogen and oxygen atoms in total. The molecule has 0 saturated carbocycles. The Labute approximate surface area is 537 Å². The molecule has 0 aliphatic carbocycles. The minimum atomic E-state index is -1.80. The summed E-state index contributed by atoms with van der Waals surface area (Å²) in [5.41, 5.74) is 0. The number of nitrogens with one attached hydrogen (secondary N) is 1. The van der Waals surface area contributed by atoms with E-state index in [9.17, 15) is 45.6 Å². The van der Waals surface area contributed by atoms with Crippen LogP contribution >= 0.6 is 0 Å². The molecule has 2 aliphatic rings. The first-order chi connectivity index (χ1) is 43.6. The molecule has 0 aromatic carbocycles. The van der Waals surface area contributed by atoms with Gasteiger partial charge in [0.1, 0.15) is 48.8 Å². The number of unbranched alkanes of at least 4 members (excludes halogenated alkanes) is 13. The largest absolute Gasteiger partial charge is 0.394 e. The third-order valence-electron chi connectivity index (χ3n) is 15.1. The lowest BCUT2D eigenvalue weighted by Gasteiger charge is -2.46. The van der Waals surface area contributed by atoms with Crippen molar-refractivity contribution in [2.45, 2.75) is 274 Å². The molecule has 89 heavy (non-hydrogen) atoms. The van der Waals surface area contributed by atoms with Crippen LogP contribution in [0.15, 0.2) is 170 Å². The van der Waals surface area contributed by atoms with Crippen molar-refractivity contribution >= 4 is 5.91 Å². The molecule has 2 saturated heterocycles. The number of hydrogen-bond acceptors (Lipinski definition) is 13. The van der Waals surface area contributed by atoms with Crippen molar-refractivity contribution in [2.75, 3.05) is 19.8 Å². The summed E-state index contributed by atoms with van der Waals surface area (Å²) in [5.74, 6) is -0.273. The maximum Gasteiger partial charge on any atom is 0.220 e. The van der Waals surface area contributed by atoms with Gasteiger partial charge in [0.05, 0.1) is 32.0 Å². The number of carbonyl (C=O) groups is 1. The van der Waals surface area contributed by atoms with Crippen molar-refractivity contribution in [3.05, 3.63) is 170 Å². The molecule has 12 atom stereocenters. The normalized spacial score (nSPS) is 24.2. The van der Waals surface area contributed by atoms with Crippen LogP contribution in [0, 0.1) is 0 Å². The van der Waals surface area contributed by atoms with E-state index in [0.717, 1.165) is 141 Å². The van der Waals surface area contributed by atoms with Crippen LogP contribution in [0.1, 0.15) is 200 Å². The molecule has 2 rings (SSSR count). The quantitative estimate of drug-likeness (QED) is 0.0204. The van der Waals surface area contributed by atoms with Gasteiger partial charge >= 0.3 is 0 Å². The van der Waals surface area contributed by atoms with Gasteiger partial charge in [-0.2, -0.15) is 0 Å². The van der Waals surface area contributed by atoms with Gasteiger partial charge in [0.15, 0.2) is 12.6 Å². The summed E-state index contributed by atoms with van der Waals surface area (Å²) in [6, 6.07) is -0.956. The highest BCUT2D eigenvalue weighted by atomic mass is 16.7. The standard InChI is InChI=1S/C75H119NO13/c1-3-5-7-9-11-13-15-17-19-20-21-22-23-24-25-26-27-28-29-30-31-32-33-34-35-36-37-38-39-40-41-42-43-44-45-47-49-51-53-55-57-59-67(80)76-63(64(79)58-56-54-52-50-48-46-18-16-14-12-10-8-6-4-2)62-86-74-72(85)70(83)73(66(61-78)88-74)89-75-71(84)69(82)68(81)65(60-77)87-75/h5,7,11,13-14,16-17,19,21-22,24-25,27-28,30-31,33-34,36-37,39-40,42-43,48,50,56,58,63-66,68-75,77-79,81-85H,3-4,6,8-10,12,15,18,20,23,26,29,32,35,38,41,44-47,49,51-55,57,59-62H2,1-2H3,(H,76,80)/b7-5-,13-11-,16-14+,19-17-,22-21-,25-24-,28-27-,31-30-,34-33-,37-36-,40-39-,43-42-,50-48+,58-56+. The van der Waals surface area contributed by atoms with Gasteiger partial charge in [-0.05, 0) is 128 Å². The van der Waals surface area contributed by atoms with E-state index in [2.05, 4.69) is 177 Å². The molecule has 0 radical (unpaired) electrons. The molecule has 502 valence electrons. The molecule has 0 spiro atoms. The Kier molecular flexibility index (Phi) is 51.8. The van der Waals surface area contributed by atoms with E-state index < -0.39 is 86.8 Å². The molecular formula is C75H119NO13. The van der Waals surface area contributed by atoms with Crippen LogP contribution in [0.2, 0.25) is 0 Å². The average molecular weight is 1240 g/mol. The minimum absolute atomic E-state index is 0.245. The third kappa shape index (κ3) is 41.5. The van der Waals surface area contributed by atoms with Crippen LogP contribution in [-0.4, -0.2) is 140 Å². The fourth-order valence-corrected chi connectivity index (χ4v) is 9.74. The van der Waals surface area contributed by atoms with Crippen LogP contribution in [0.5, 0.6) is 0 Å². The van der Waals surface area contributed by atoms with E-state index in [1.807, 2.05) is 6.08 Å². The third-order valence-corrected chi connectivity index (χ3v) is 15.1. The molecule has 1 amide bonds. The SMILES string of the molecule is CC/C=C\C/C=C\C/C=C\C/C=C\C/C=C\C/C=C\C/C=C\C/C=C\C/C=C\C/C=C\C/C=C\CCCCCCCCCC(=O)NC(COC1OC(CO)C(OC2OC(CO)C(O)C(O)C2O)C(O)C1O)C(O)/C=C/CC/C=C/CC/C=C/CCCCCC. The number of amides is 1. The Balaban J connectivity index is 1.64. The molecular weight excluding hydrogens is 1120 g/mol. The molecule has 9 N–H and O–H groups in total. The van der Waals surface area contributed by atoms with Crippen LogP contribution in [-0.2, 0) is 23.7 Å². The highest BCUT2D eigenvalue weighted by Gasteiger charge is 2.51. The summed E-state index contributed by atoms with van der Waals surface area (Å²) in [4.78, 5) is 13.3. The van der Waals surface area contributed by atoms with Gasteiger partial charge in [-0.3, -0.25) is 4.79 Å². The lowest BCUT2D eigenvalue weighted by atomic mass is 9.97. The van der Waals surface area contributed by atoms with E-state index in [1.54, 1.807) is 6.08 Å². The van der Waals surface area contributed by atoms with Crippen LogP contribution in [0.4, 0.5) is 0 Å². The number of carbonyl (C=O) groups excluding carboxylic acids is 1. The van der Waals surface area contributed by atoms with Gasteiger partial charge in [-0.15, -0.1) is 0 Å². The number of allylic oxidation sites excluding steroid dienone is 27. The first-order valence-electron chi connectivity index (χ1n) is 33.9. The number of aliphatic hydroxyl groups is 8. The summed E-state index contributed by atoms with van der Waals surface area (Å²) in [6.45, 7) is 2.60. The number of ether oxygens (including phenoxy) is 4. The smallest absolute Gasteiger partial charge is 0.220 e. The summed E-state index contributed by atoms with van der Waals surface area (Å²) >= 11 is 0. The Bertz CT molecular complexity index is 2150. The second-order valence-electron chi connectivity index (χ2n) is 22.8.